The maximum Gasteiger partial charge on any atom is 0.349 e. The fourth-order valence-electron chi connectivity index (χ4n) is 4.96. The topological polar surface area (TPSA) is 115 Å². The van der Waals surface area contributed by atoms with Gasteiger partial charge in [-0.1, -0.05) is 43.7 Å². The van der Waals surface area contributed by atoms with Crippen LogP contribution < -0.4 is 10.6 Å². The first-order chi connectivity index (χ1) is 16.8. The second-order valence-electron chi connectivity index (χ2n) is 9.08. The molecule has 3 atom stereocenters. The number of anilines is 1. The monoisotopic (exact) mass is 474 g/mol. The molecule has 35 heavy (non-hydrogen) atoms. The van der Waals surface area contributed by atoms with E-state index < -0.39 is 17.7 Å². The summed E-state index contributed by atoms with van der Waals surface area (Å²) in [4.78, 5) is 38.2. The molecule has 1 saturated heterocycles. The summed E-state index contributed by atoms with van der Waals surface area (Å²) in [5, 5.41) is 19.6. The molecular formula is C26H30N6O3. The Morgan fingerprint density at radius 2 is 1.80 bits per heavy atom. The van der Waals surface area contributed by atoms with Crippen LogP contribution in [-0.4, -0.2) is 55.7 Å². The number of aliphatic carboxylic acids is 1. The van der Waals surface area contributed by atoms with Gasteiger partial charge in [0, 0.05) is 32.2 Å². The molecule has 9 nitrogen and oxygen atoms in total. The molecule has 0 bridgehead atoms. The molecule has 3 heterocycles. The maximum absolute atomic E-state index is 12.7. The summed E-state index contributed by atoms with van der Waals surface area (Å²) in [7, 11) is 1.64. The number of carboxylic acid groups (broad SMARTS) is 1. The molecule has 0 amide bonds. The highest BCUT2D eigenvalue weighted by Crippen LogP contribution is 2.34. The fraction of sp³-hybridized carbons (Fsp3) is 0.423. The van der Waals surface area contributed by atoms with Gasteiger partial charge < -0.3 is 10.0 Å². The van der Waals surface area contributed by atoms with E-state index in [2.05, 4.69) is 25.8 Å². The maximum atomic E-state index is 12.7. The Labute approximate surface area is 204 Å². The Bertz CT molecular complexity index is 1340. The highest BCUT2D eigenvalue weighted by Gasteiger charge is 2.40. The van der Waals surface area contributed by atoms with Crippen LogP contribution in [0.4, 0.5) is 5.82 Å². The third-order valence-electron chi connectivity index (χ3n) is 6.96. The third kappa shape index (κ3) is 4.49. The fourth-order valence-corrected chi connectivity index (χ4v) is 4.96. The molecule has 0 aliphatic carbocycles. The zero-order chi connectivity index (χ0) is 25.3. The van der Waals surface area contributed by atoms with Gasteiger partial charge in [-0.3, -0.25) is 14.3 Å². The van der Waals surface area contributed by atoms with Crippen LogP contribution in [0.3, 0.4) is 0 Å². The predicted molar refractivity (Wildman–Crippen MR) is 133 cm³/mol. The van der Waals surface area contributed by atoms with E-state index in [0.29, 0.717) is 29.9 Å². The lowest BCUT2D eigenvalue weighted by Gasteiger charge is -2.48. The van der Waals surface area contributed by atoms with E-state index >= 15 is 0 Å². The number of aromatic nitrogens is 3. The van der Waals surface area contributed by atoms with Crippen molar-refractivity contribution in [3.8, 4) is 6.07 Å². The molecule has 9 heteroatoms. The van der Waals surface area contributed by atoms with Crippen molar-refractivity contribution in [2.75, 3.05) is 18.0 Å². The summed E-state index contributed by atoms with van der Waals surface area (Å²) in [6, 6.07) is 12.1. The third-order valence-corrected chi connectivity index (χ3v) is 6.96. The summed E-state index contributed by atoms with van der Waals surface area (Å²) < 4.78 is 1.43. The van der Waals surface area contributed by atoms with Crippen molar-refractivity contribution >= 4 is 22.8 Å². The van der Waals surface area contributed by atoms with E-state index in [4.69, 9.17) is 0 Å². The summed E-state index contributed by atoms with van der Waals surface area (Å²) in [5.74, 6) is -0.430. The number of fused-ring (bicyclic) bond motifs is 1. The quantitative estimate of drug-likeness (QED) is 0.580. The van der Waals surface area contributed by atoms with Crippen molar-refractivity contribution in [3.05, 3.63) is 63.7 Å². The first-order valence-corrected chi connectivity index (χ1v) is 11.9. The van der Waals surface area contributed by atoms with E-state index in [1.807, 2.05) is 45.0 Å². The van der Waals surface area contributed by atoms with Gasteiger partial charge in [0.1, 0.15) is 23.3 Å². The van der Waals surface area contributed by atoms with E-state index in [-0.39, 0.29) is 17.8 Å². The smallest absolute Gasteiger partial charge is 0.349 e. The molecule has 182 valence electrons. The molecule has 1 fully saturated rings. The summed E-state index contributed by atoms with van der Waals surface area (Å²) >= 11 is 0. The predicted octanol–water partition coefficient (Wildman–Crippen LogP) is 3.01. The highest BCUT2D eigenvalue weighted by molar-refractivity contribution is 5.86. The second kappa shape index (κ2) is 9.84. The van der Waals surface area contributed by atoms with Gasteiger partial charge in [0.15, 0.2) is 5.82 Å². The first kappa shape index (κ1) is 24.4. The van der Waals surface area contributed by atoms with Crippen LogP contribution in [0.2, 0.25) is 0 Å². The van der Waals surface area contributed by atoms with E-state index in [1.54, 1.807) is 19.2 Å². The van der Waals surface area contributed by atoms with Crippen LogP contribution in [-0.2, 0) is 11.8 Å². The number of hydrogen-bond acceptors (Lipinski definition) is 7. The lowest BCUT2D eigenvalue weighted by Crippen LogP contribution is -2.60. The Kier molecular flexibility index (Phi) is 6.85. The zero-order valence-electron chi connectivity index (χ0n) is 20.5. The van der Waals surface area contributed by atoms with Crippen LogP contribution >= 0.6 is 0 Å². The molecule has 1 unspecified atom stereocenters. The molecule has 2 aromatic heterocycles. The minimum atomic E-state index is -0.881. The standard InChI is InChI=1S/C26H30N6O3/c1-5-19-15-32(24-22-21(30(4)26(35)29-24)12-11-18(13-27)28-22)20(6-2)14-31(19)23(25(33)34)17-9-7-16(3)8-10-17/h7-12,19-20,23H,5-6,14-15H2,1-4H3,(H,33,34)/t19-,20+,23?/m1/s1. The molecule has 1 aromatic carbocycles. The molecule has 0 spiro atoms. The van der Waals surface area contributed by atoms with Gasteiger partial charge in [0.2, 0.25) is 0 Å². The highest BCUT2D eigenvalue weighted by atomic mass is 16.4. The minimum Gasteiger partial charge on any atom is -0.480 e. The number of carbonyl (C=O) groups is 1. The molecule has 3 aromatic rings. The molecular weight excluding hydrogens is 444 g/mol. The number of rotatable bonds is 6. The lowest BCUT2D eigenvalue weighted by molar-refractivity contribution is -0.145. The number of pyridine rings is 1. The zero-order valence-corrected chi connectivity index (χ0v) is 20.5. The van der Waals surface area contributed by atoms with Crippen LogP contribution in [0.1, 0.15) is 49.6 Å². The van der Waals surface area contributed by atoms with Crippen LogP contribution in [0.5, 0.6) is 0 Å². The summed E-state index contributed by atoms with van der Waals surface area (Å²) in [6.07, 6.45) is 1.45. The average Bonchev–Trinajstić information content (AvgIpc) is 2.86. The van der Waals surface area contributed by atoms with Gasteiger partial charge >= 0.3 is 11.7 Å². The molecule has 1 aliphatic heterocycles. The molecule has 1 aliphatic rings. The van der Waals surface area contributed by atoms with Gasteiger partial charge in [-0.05, 0) is 37.5 Å². The van der Waals surface area contributed by atoms with Gasteiger partial charge in [-0.2, -0.15) is 10.2 Å². The van der Waals surface area contributed by atoms with Crippen molar-refractivity contribution < 1.29 is 9.90 Å². The van der Waals surface area contributed by atoms with E-state index in [0.717, 1.165) is 24.0 Å². The summed E-state index contributed by atoms with van der Waals surface area (Å²) in [5.41, 5.74) is 2.79. The number of nitrogens with zero attached hydrogens (tertiary/aromatic N) is 6. The first-order valence-electron chi connectivity index (χ1n) is 11.9. The van der Waals surface area contributed by atoms with Gasteiger partial charge in [0.05, 0.1) is 5.52 Å². The Hall–Kier alpha value is -3.77. The molecule has 0 radical (unpaired) electrons. The van der Waals surface area contributed by atoms with Crippen LogP contribution in [0, 0.1) is 18.3 Å². The van der Waals surface area contributed by atoms with Crippen LogP contribution in [0.25, 0.3) is 11.0 Å². The number of piperazine rings is 1. The number of hydrogen-bond donors (Lipinski definition) is 1. The number of aryl methyl sites for hydroxylation is 2. The van der Waals surface area contributed by atoms with Crippen molar-refractivity contribution in [1.82, 2.24) is 19.4 Å². The van der Waals surface area contributed by atoms with E-state index in [1.165, 1.54) is 4.57 Å². The van der Waals surface area contributed by atoms with Crippen molar-refractivity contribution in [2.24, 2.45) is 7.05 Å². The average molecular weight is 475 g/mol. The second-order valence-corrected chi connectivity index (χ2v) is 9.08. The van der Waals surface area contributed by atoms with Gasteiger partial charge in [0.25, 0.3) is 0 Å². The summed E-state index contributed by atoms with van der Waals surface area (Å²) in [6.45, 7) is 7.06. The van der Waals surface area contributed by atoms with Crippen molar-refractivity contribution in [3.63, 3.8) is 0 Å². The van der Waals surface area contributed by atoms with Gasteiger partial charge in [-0.15, -0.1) is 0 Å². The Balaban J connectivity index is 1.79. The minimum absolute atomic E-state index is 0.0829. The Morgan fingerprint density at radius 3 is 2.40 bits per heavy atom. The molecule has 0 saturated carbocycles. The normalized spacial score (nSPS) is 19.5. The van der Waals surface area contributed by atoms with Gasteiger partial charge in [-0.25, -0.2) is 9.78 Å². The van der Waals surface area contributed by atoms with Crippen LogP contribution in [0.15, 0.2) is 41.2 Å². The molecule has 4 rings (SSSR count). The Morgan fingerprint density at radius 1 is 1.11 bits per heavy atom. The largest absolute Gasteiger partial charge is 0.480 e. The SMILES string of the molecule is CC[C@H]1CN(C(C(=O)O)c2ccc(C)cc2)[C@H](CC)CN1c1nc(=O)n(C)c2ccc(C#N)nc12. The molecule has 1 N–H and O–H groups in total. The van der Waals surface area contributed by atoms with Crippen molar-refractivity contribution in [2.45, 2.75) is 51.7 Å². The number of benzene rings is 1. The lowest BCUT2D eigenvalue weighted by atomic mass is 9.95. The van der Waals surface area contributed by atoms with E-state index in [9.17, 15) is 20.0 Å². The number of carboxylic acids is 1. The number of nitriles is 1. The van der Waals surface area contributed by atoms with Crippen molar-refractivity contribution in [1.29, 1.82) is 5.26 Å².